The monoisotopic (exact) mass is 282 g/mol. The summed E-state index contributed by atoms with van der Waals surface area (Å²) in [5.74, 6) is 0.963. The molecule has 2 N–H and O–H groups in total. The van der Waals surface area contributed by atoms with E-state index in [0.717, 1.165) is 36.6 Å². The molecule has 0 unspecified atom stereocenters. The predicted octanol–water partition coefficient (Wildman–Crippen LogP) is 3.15. The molecule has 110 valence electrons. The molecule has 21 heavy (non-hydrogen) atoms. The van der Waals surface area contributed by atoms with Crippen LogP contribution in [0.15, 0.2) is 30.5 Å². The van der Waals surface area contributed by atoms with E-state index in [1.807, 2.05) is 30.5 Å². The van der Waals surface area contributed by atoms with Crippen molar-refractivity contribution in [3.05, 3.63) is 53.1 Å². The minimum atomic E-state index is 0.690. The van der Waals surface area contributed by atoms with Crippen molar-refractivity contribution in [2.24, 2.45) is 0 Å². The zero-order valence-corrected chi connectivity index (χ0v) is 12.5. The summed E-state index contributed by atoms with van der Waals surface area (Å²) in [6.45, 7) is 4.10. The lowest BCUT2D eigenvalue weighted by Crippen LogP contribution is -2.14. The number of benzene rings is 1. The fourth-order valence-electron chi connectivity index (χ4n) is 2.20. The van der Waals surface area contributed by atoms with E-state index in [0.29, 0.717) is 5.56 Å². The van der Waals surface area contributed by atoms with Gasteiger partial charge in [-0.2, -0.15) is 5.26 Å². The van der Waals surface area contributed by atoms with Gasteiger partial charge in [0.05, 0.1) is 11.6 Å². The fourth-order valence-corrected chi connectivity index (χ4v) is 2.20. The molecule has 0 atom stereocenters. The molecule has 0 bridgehead atoms. The number of rotatable bonds is 8. The molecule has 1 heterocycles. The first kappa shape index (κ1) is 15.3. The summed E-state index contributed by atoms with van der Waals surface area (Å²) in [6.07, 6.45) is 6.41. The molecule has 4 nitrogen and oxygen atoms in total. The minimum Gasteiger partial charge on any atom is -0.345 e. The van der Waals surface area contributed by atoms with Crippen LogP contribution in [-0.4, -0.2) is 16.5 Å². The third-order valence-electron chi connectivity index (χ3n) is 3.41. The first-order valence-electron chi connectivity index (χ1n) is 7.54. The molecule has 1 aromatic heterocycles. The summed E-state index contributed by atoms with van der Waals surface area (Å²) in [4.78, 5) is 7.75. The summed E-state index contributed by atoms with van der Waals surface area (Å²) in [6, 6.07) is 9.76. The average molecular weight is 282 g/mol. The number of aromatic amines is 1. The molecular weight excluding hydrogens is 260 g/mol. The number of nitrogens with zero attached hydrogens (tertiary/aromatic N) is 2. The maximum absolute atomic E-state index is 8.78. The molecule has 0 amide bonds. The number of hydrogen-bond donors (Lipinski definition) is 2. The van der Waals surface area contributed by atoms with Crippen LogP contribution in [0, 0.1) is 11.3 Å². The SMILES string of the molecule is CCCCCNCc1cnc(Cc2ccc(C#N)cc2)[nH]1. The summed E-state index contributed by atoms with van der Waals surface area (Å²) in [5, 5.41) is 12.2. The van der Waals surface area contributed by atoms with Crippen LogP contribution in [0.25, 0.3) is 0 Å². The Kier molecular flexibility index (Phi) is 5.99. The summed E-state index contributed by atoms with van der Waals surface area (Å²) >= 11 is 0. The number of aromatic nitrogens is 2. The van der Waals surface area contributed by atoms with E-state index in [-0.39, 0.29) is 0 Å². The molecule has 4 heteroatoms. The highest BCUT2D eigenvalue weighted by Gasteiger charge is 2.02. The van der Waals surface area contributed by atoms with Gasteiger partial charge in [0.25, 0.3) is 0 Å². The molecule has 0 aliphatic rings. The summed E-state index contributed by atoms with van der Waals surface area (Å²) in [5.41, 5.74) is 2.97. The van der Waals surface area contributed by atoms with Gasteiger partial charge in [-0.15, -0.1) is 0 Å². The highest BCUT2D eigenvalue weighted by atomic mass is 15.0. The third kappa shape index (κ3) is 5.05. The molecule has 0 aliphatic carbocycles. The smallest absolute Gasteiger partial charge is 0.110 e. The highest BCUT2D eigenvalue weighted by molar-refractivity contribution is 5.32. The van der Waals surface area contributed by atoms with Crippen LogP contribution >= 0.6 is 0 Å². The molecule has 1 aromatic carbocycles. The maximum Gasteiger partial charge on any atom is 0.110 e. The molecule has 0 fully saturated rings. The van der Waals surface area contributed by atoms with Crippen LogP contribution in [0.5, 0.6) is 0 Å². The van der Waals surface area contributed by atoms with Crippen LogP contribution in [0.4, 0.5) is 0 Å². The van der Waals surface area contributed by atoms with Crippen molar-refractivity contribution < 1.29 is 0 Å². The van der Waals surface area contributed by atoms with Gasteiger partial charge in [-0.1, -0.05) is 31.9 Å². The van der Waals surface area contributed by atoms with Crippen molar-refractivity contribution >= 4 is 0 Å². The van der Waals surface area contributed by atoms with E-state index < -0.39 is 0 Å². The van der Waals surface area contributed by atoms with Gasteiger partial charge < -0.3 is 10.3 Å². The first-order valence-corrected chi connectivity index (χ1v) is 7.54. The topological polar surface area (TPSA) is 64.5 Å². The zero-order chi connectivity index (χ0) is 14.9. The van der Waals surface area contributed by atoms with Gasteiger partial charge >= 0.3 is 0 Å². The Bertz CT molecular complexity index is 578. The van der Waals surface area contributed by atoms with Crippen molar-refractivity contribution in [3.8, 4) is 6.07 Å². The fraction of sp³-hybridized carbons (Fsp3) is 0.412. The first-order chi connectivity index (χ1) is 10.3. The largest absolute Gasteiger partial charge is 0.345 e. The molecule has 0 saturated carbocycles. The van der Waals surface area contributed by atoms with Gasteiger partial charge in [0.15, 0.2) is 0 Å². The Hall–Kier alpha value is -2.12. The van der Waals surface area contributed by atoms with Crippen LogP contribution in [0.3, 0.4) is 0 Å². The number of unbranched alkanes of at least 4 members (excludes halogenated alkanes) is 2. The third-order valence-corrected chi connectivity index (χ3v) is 3.41. The number of H-pyrrole nitrogens is 1. The van der Waals surface area contributed by atoms with Crippen molar-refractivity contribution in [2.45, 2.75) is 39.2 Å². The second kappa shape index (κ2) is 8.23. The normalized spacial score (nSPS) is 10.5. The van der Waals surface area contributed by atoms with Crippen LogP contribution in [0.2, 0.25) is 0 Å². The second-order valence-corrected chi connectivity index (χ2v) is 5.22. The minimum absolute atomic E-state index is 0.690. The van der Waals surface area contributed by atoms with E-state index in [2.05, 4.69) is 28.3 Å². The van der Waals surface area contributed by atoms with Crippen LogP contribution in [0.1, 0.15) is 48.8 Å². The van der Waals surface area contributed by atoms with Gasteiger partial charge in [0.1, 0.15) is 5.82 Å². The van der Waals surface area contributed by atoms with Crippen molar-refractivity contribution in [3.63, 3.8) is 0 Å². The molecule has 2 rings (SSSR count). The highest BCUT2D eigenvalue weighted by Crippen LogP contribution is 2.08. The van der Waals surface area contributed by atoms with E-state index in [1.54, 1.807) is 0 Å². The van der Waals surface area contributed by atoms with E-state index in [1.165, 1.54) is 19.3 Å². The van der Waals surface area contributed by atoms with E-state index in [9.17, 15) is 0 Å². The quantitative estimate of drug-likeness (QED) is 0.731. The van der Waals surface area contributed by atoms with Gasteiger partial charge in [-0.05, 0) is 30.7 Å². The number of imidazole rings is 1. The van der Waals surface area contributed by atoms with Crippen molar-refractivity contribution in [1.82, 2.24) is 15.3 Å². The van der Waals surface area contributed by atoms with Crippen molar-refractivity contribution in [2.75, 3.05) is 6.54 Å². The Morgan fingerprint density at radius 1 is 1.24 bits per heavy atom. The molecule has 0 radical (unpaired) electrons. The lowest BCUT2D eigenvalue weighted by atomic mass is 10.1. The summed E-state index contributed by atoms with van der Waals surface area (Å²) < 4.78 is 0. The zero-order valence-electron chi connectivity index (χ0n) is 12.5. The molecule has 2 aromatic rings. The number of nitriles is 1. The molecule has 0 saturated heterocycles. The number of nitrogens with one attached hydrogen (secondary N) is 2. The van der Waals surface area contributed by atoms with Crippen LogP contribution in [-0.2, 0) is 13.0 Å². The van der Waals surface area contributed by atoms with E-state index in [4.69, 9.17) is 5.26 Å². The Morgan fingerprint density at radius 2 is 2.05 bits per heavy atom. The molecule has 0 aliphatic heterocycles. The van der Waals surface area contributed by atoms with Gasteiger partial charge in [-0.3, -0.25) is 0 Å². The maximum atomic E-state index is 8.78. The van der Waals surface area contributed by atoms with Crippen molar-refractivity contribution in [1.29, 1.82) is 5.26 Å². The predicted molar refractivity (Wildman–Crippen MR) is 83.8 cm³/mol. The lowest BCUT2D eigenvalue weighted by Gasteiger charge is -2.02. The number of hydrogen-bond acceptors (Lipinski definition) is 3. The Balaban J connectivity index is 1.80. The van der Waals surface area contributed by atoms with E-state index >= 15 is 0 Å². The molecule has 0 spiro atoms. The summed E-state index contributed by atoms with van der Waals surface area (Å²) in [7, 11) is 0. The Morgan fingerprint density at radius 3 is 2.76 bits per heavy atom. The van der Waals surface area contributed by atoms with Gasteiger partial charge in [-0.25, -0.2) is 4.98 Å². The second-order valence-electron chi connectivity index (χ2n) is 5.22. The molecular formula is C17H22N4. The van der Waals surface area contributed by atoms with Gasteiger partial charge in [0.2, 0.25) is 0 Å². The van der Waals surface area contributed by atoms with Crippen LogP contribution < -0.4 is 5.32 Å². The average Bonchev–Trinajstić information content (AvgIpc) is 2.95. The van der Waals surface area contributed by atoms with Gasteiger partial charge in [0, 0.05) is 24.9 Å². The Labute approximate surface area is 126 Å². The standard InChI is InChI=1S/C17H22N4/c1-2-3-4-9-19-12-16-13-20-17(21-16)10-14-5-7-15(11-18)8-6-14/h5-8,13,19H,2-4,9-10,12H2,1H3,(H,20,21). The lowest BCUT2D eigenvalue weighted by molar-refractivity contribution is 0.611.